The van der Waals surface area contributed by atoms with Crippen LogP contribution in [0.15, 0.2) is 24.3 Å². The molecule has 1 aromatic carbocycles. The fourth-order valence-electron chi connectivity index (χ4n) is 2.38. The molecule has 1 fully saturated rings. The summed E-state index contributed by atoms with van der Waals surface area (Å²) in [5, 5.41) is 2.86. The Morgan fingerprint density at radius 2 is 2.33 bits per heavy atom. The van der Waals surface area contributed by atoms with Crippen LogP contribution in [0.5, 0.6) is 0 Å². The van der Waals surface area contributed by atoms with E-state index in [4.69, 9.17) is 0 Å². The molecule has 0 aliphatic carbocycles. The first kappa shape index (κ1) is 14.9. The summed E-state index contributed by atoms with van der Waals surface area (Å²) < 4.78 is 13.2. The number of nitrogens with zero attached hydrogens (tertiary/aromatic N) is 1. The highest BCUT2D eigenvalue weighted by Gasteiger charge is 2.29. The minimum atomic E-state index is -0.240. The summed E-state index contributed by atoms with van der Waals surface area (Å²) in [6.45, 7) is 1.10. The van der Waals surface area contributed by atoms with Gasteiger partial charge in [0.25, 0.3) is 0 Å². The molecule has 5 heteroatoms. The lowest BCUT2D eigenvalue weighted by molar-refractivity contribution is -0.131. The second-order valence-electron chi connectivity index (χ2n) is 4.33. The summed E-state index contributed by atoms with van der Waals surface area (Å²) in [4.78, 5) is 13.7. The Kier molecular flexibility index (Phi) is 5.56. The van der Waals surface area contributed by atoms with Crippen molar-refractivity contribution in [3.8, 4) is 0 Å². The molecule has 0 bridgehead atoms. The van der Waals surface area contributed by atoms with Gasteiger partial charge in [-0.2, -0.15) is 0 Å². The first-order chi connectivity index (χ1) is 8.22. The number of nitrogens with one attached hydrogen (secondary N) is 1. The predicted molar refractivity (Wildman–Crippen MR) is 71.3 cm³/mol. The molecule has 0 radical (unpaired) electrons. The van der Waals surface area contributed by atoms with Gasteiger partial charge in [-0.05, 0) is 37.6 Å². The van der Waals surface area contributed by atoms with Crippen LogP contribution in [0.4, 0.5) is 4.39 Å². The average molecular weight is 273 g/mol. The van der Waals surface area contributed by atoms with Gasteiger partial charge in [0, 0.05) is 6.54 Å². The quantitative estimate of drug-likeness (QED) is 0.914. The van der Waals surface area contributed by atoms with Gasteiger partial charge in [-0.15, -0.1) is 12.4 Å². The monoisotopic (exact) mass is 272 g/mol. The van der Waals surface area contributed by atoms with Crippen LogP contribution in [0.1, 0.15) is 24.4 Å². The number of halogens is 2. The fourth-order valence-corrected chi connectivity index (χ4v) is 2.38. The molecule has 18 heavy (non-hydrogen) atoms. The van der Waals surface area contributed by atoms with E-state index in [1.165, 1.54) is 12.1 Å². The van der Waals surface area contributed by atoms with E-state index in [0.29, 0.717) is 6.54 Å². The van der Waals surface area contributed by atoms with E-state index in [0.717, 1.165) is 24.9 Å². The summed E-state index contributed by atoms with van der Waals surface area (Å²) in [5.41, 5.74) is 0.895. The zero-order chi connectivity index (χ0) is 12.3. The number of hydrogen-bond donors (Lipinski definition) is 1. The lowest BCUT2D eigenvalue weighted by Gasteiger charge is -2.25. The van der Waals surface area contributed by atoms with Crippen molar-refractivity contribution in [3.63, 3.8) is 0 Å². The van der Waals surface area contributed by atoms with Crippen LogP contribution in [0.25, 0.3) is 0 Å². The van der Waals surface area contributed by atoms with Crippen LogP contribution in [-0.4, -0.2) is 30.9 Å². The maximum atomic E-state index is 13.2. The topological polar surface area (TPSA) is 32.3 Å². The van der Waals surface area contributed by atoms with Crippen LogP contribution < -0.4 is 5.32 Å². The first-order valence-electron chi connectivity index (χ1n) is 5.92. The van der Waals surface area contributed by atoms with Gasteiger partial charge in [0.05, 0.1) is 12.6 Å². The molecule has 100 valence electrons. The van der Waals surface area contributed by atoms with Crippen LogP contribution in [0.2, 0.25) is 0 Å². The van der Waals surface area contributed by atoms with E-state index >= 15 is 0 Å². The van der Waals surface area contributed by atoms with Gasteiger partial charge in [-0.25, -0.2) is 4.39 Å². The van der Waals surface area contributed by atoms with Crippen molar-refractivity contribution in [1.82, 2.24) is 10.2 Å². The van der Waals surface area contributed by atoms with Crippen molar-refractivity contribution in [2.75, 3.05) is 20.1 Å². The minimum Gasteiger partial charge on any atom is -0.335 e. The lowest BCUT2D eigenvalue weighted by Crippen LogP contribution is -2.36. The van der Waals surface area contributed by atoms with Gasteiger partial charge in [-0.1, -0.05) is 12.1 Å². The van der Waals surface area contributed by atoms with E-state index in [1.54, 1.807) is 13.1 Å². The summed E-state index contributed by atoms with van der Waals surface area (Å²) >= 11 is 0. The molecule has 1 saturated heterocycles. The second kappa shape index (κ2) is 6.71. The van der Waals surface area contributed by atoms with E-state index in [1.807, 2.05) is 11.0 Å². The summed E-state index contributed by atoms with van der Waals surface area (Å²) in [6.07, 6.45) is 1.90. The van der Waals surface area contributed by atoms with Gasteiger partial charge in [0.2, 0.25) is 5.91 Å². The number of carbonyl (C=O) groups is 1. The largest absolute Gasteiger partial charge is 0.335 e. The third kappa shape index (κ3) is 3.21. The molecule has 3 nitrogen and oxygen atoms in total. The van der Waals surface area contributed by atoms with Crippen LogP contribution in [0.3, 0.4) is 0 Å². The predicted octanol–water partition coefficient (Wildman–Crippen LogP) is 2.13. The van der Waals surface area contributed by atoms with Crippen molar-refractivity contribution in [3.05, 3.63) is 35.6 Å². The maximum Gasteiger partial charge on any atom is 0.237 e. The molecule has 1 unspecified atom stereocenters. The number of hydrogen-bond acceptors (Lipinski definition) is 2. The van der Waals surface area contributed by atoms with Gasteiger partial charge in [0.15, 0.2) is 0 Å². The van der Waals surface area contributed by atoms with Crippen molar-refractivity contribution < 1.29 is 9.18 Å². The molecule has 2 rings (SSSR count). The van der Waals surface area contributed by atoms with Crippen molar-refractivity contribution >= 4 is 18.3 Å². The Hall–Kier alpha value is -1.13. The number of amides is 1. The van der Waals surface area contributed by atoms with Crippen molar-refractivity contribution in [2.24, 2.45) is 0 Å². The van der Waals surface area contributed by atoms with Crippen molar-refractivity contribution in [2.45, 2.75) is 18.9 Å². The Bertz CT molecular complexity index is 414. The zero-order valence-electron chi connectivity index (χ0n) is 10.4. The smallest absolute Gasteiger partial charge is 0.237 e. The Balaban J connectivity index is 0.00000162. The lowest BCUT2D eigenvalue weighted by atomic mass is 10.0. The highest BCUT2D eigenvalue weighted by atomic mass is 35.5. The van der Waals surface area contributed by atoms with Crippen LogP contribution >= 0.6 is 12.4 Å². The molecular weight excluding hydrogens is 255 g/mol. The molecule has 1 aromatic rings. The molecule has 1 aliphatic rings. The highest BCUT2D eigenvalue weighted by Crippen LogP contribution is 2.31. The maximum absolute atomic E-state index is 13.2. The fraction of sp³-hybridized carbons (Fsp3) is 0.462. The number of benzene rings is 1. The SMILES string of the molecule is CNCC(=O)N1CCCC1c1cccc(F)c1.Cl. The van der Waals surface area contributed by atoms with Gasteiger partial charge >= 0.3 is 0 Å². The molecule has 1 heterocycles. The Morgan fingerprint density at radius 3 is 3.00 bits per heavy atom. The molecular formula is C13H18ClFN2O. The number of likely N-dealkylation sites (tertiary alicyclic amines) is 1. The highest BCUT2D eigenvalue weighted by molar-refractivity contribution is 5.85. The first-order valence-corrected chi connectivity index (χ1v) is 5.92. The number of likely N-dealkylation sites (N-methyl/N-ethyl adjacent to an activating group) is 1. The molecule has 0 aromatic heterocycles. The third-order valence-electron chi connectivity index (χ3n) is 3.13. The normalized spacial score (nSPS) is 18.6. The third-order valence-corrected chi connectivity index (χ3v) is 3.13. The molecule has 1 atom stereocenters. The van der Waals surface area contributed by atoms with Crippen LogP contribution in [0, 0.1) is 5.82 Å². The Morgan fingerprint density at radius 1 is 1.56 bits per heavy atom. The molecule has 0 spiro atoms. The van der Waals surface area contributed by atoms with Crippen LogP contribution in [-0.2, 0) is 4.79 Å². The van der Waals surface area contributed by atoms with Gasteiger partial charge in [0.1, 0.15) is 5.82 Å². The summed E-state index contributed by atoms with van der Waals surface area (Å²) in [5.74, 6) is -0.158. The molecule has 1 amide bonds. The van der Waals surface area contributed by atoms with E-state index in [-0.39, 0.29) is 30.2 Å². The summed E-state index contributed by atoms with van der Waals surface area (Å²) in [7, 11) is 1.76. The van der Waals surface area contributed by atoms with E-state index in [2.05, 4.69) is 5.32 Å². The zero-order valence-corrected chi connectivity index (χ0v) is 11.2. The molecule has 1 aliphatic heterocycles. The van der Waals surface area contributed by atoms with E-state index < -0.39 is 0 Å². The van der Waals surface area contributed by atoms with Crippen molar-refractivity contribution in [1.29, 1.82) is 0 Å². The second-order valence-corrected chi connectivity index (χ2v) is 4.33. The van der Waals surface area contributed by atoms with E-state index in [9.17, 15) is 9.18 Å². The number of carbonyl (C=O) groups excluding carboxylic acids is 1. The summed E-state index contributed by atoms with van der Waals surface area (Å²) in [6, 6.07) is 6.57. The number of rotatable bonds is 3. The van der Waals surface area contributed by atoms with Gasteiger partial charge in [-0.3, -0.25) is 4.79 Å². The minimum absolute atomic E-state index is 0. The molecule has 0 saturated carbocycles. The van der Waals surface area contributed by atoms with Gasteiger partial charge < -0.3 is 10.2 Å². The average Bonchev–Trinajstić information content (AvgIpc) is 2.78. The Labute approximate surface area is 113 Å². The molecule has 1 N–H and O–H groups in total. The standard InChI is InChI=1S/C13H17FN2O.ClH/c1-15-9-13(17)16-7-3-6-12(16)10-4-2-5-11(14)8-10;/h2,4-5,8,12,15H,3,6-7,9H2,1H3;1H.